The minimum Gasteiger partial charge on any atom is -0.487 e. The van der Waals surface area contributed by atoms with Crippen molar-refractivity contribution in [2.45, 2.75) is 20.1 Å². The SMILES string of the molecule is CC(=O)Nc1ccc2cc(OCc3ccccn3)ccc2c1.Nc1ccc2cc(OCc3ccccn3)ccc2c1. The molecule has 6 aromatic rings. The van der Waals surface area contributed by atoms with Gasteiger partial charge in [-0.25, -0.2) is 0 Å². The van der Waals surface area contributed by atoms with Crippen molar-refractivity contribution in [1.82, 2.24) is 9.97 Å². The quantitative estimate of drug-likeness (QED) is 0.208. The number of hydrogen-bond acceptors (Lipinski definition) is 6. The molecule has 4 aromatic carbocycles. The molecule has 0 radical (unpaired) electrons. The van der Waals surface area contributed by atoms with Crippen molar-refractivity contribution in [2.75, 3.05) is 11.1 Å². The van der Waals surface area contributed by atoms with E-state index in [9.17, 15) is 4.79 Å². The van der Waals surface area contributed by atoms with Crippen molar-refractivity contribution in [3.63, 3.8) is 0 Å². The second kappa shape index (κ2) is 13.1. The summed E-state index contributed by atoms with van der Waals surface area (Å²) in [7, 11) is 0. The number of benzene rings is 4. The first-order chi connectivity index (χ1) is 20.0. The van der Waals surface area contributed by atoms with E-state index in [0.717, 1.165) is 55.8 Å². The lowest BCUT2D eigenvalue weighted by molar-refractivity contribution is -0.114. The fourth-order valence-corrected chi connectivity index (χ4v) is 4.21. The maximum Gasteiger partial charge on any atom is 0.221 e. The average molecular weight is 543 g/mol. The first-order valence-corrected chi connectivity index (χ1v) is 13.2. The van der Waals surface area contributed by atoms with Crippen LogP contribution in [0.5, 0.6) is 11.5 Å². The Kier molecular flexibility index (Phi) is 8.66. The van der Waals surface area contributed by atoms with Gasteiger partial charge in [-0.3, -0.25) is 14.8 Å². The third-order valence-electron chi connectivity index (χ3n) is 6.19. The summed E-state index contributed by atoms with van der Waals surface area (Å²) in [5, 5.41) is 7.13. The van der Waals surface area contributed by atoms with E-state index in [4.69, 9.17) is 15.2 Å². The van der Waals surface area contributed by atoms with Crippen LogP contribution in [-0.2, 0) is 18.0 Å². The summed E-state index contributed by atoms with van der Waals surface area (Å²) >= 11 is 0. The molecule has 0 unspecified atom stereocenters. The van der Waals surface area contributed by atoms with E-state index in [0.29, 0.717) is 13.2 Å². The minimum absolute atomic E-state index is 0.0744. The number of pyridine rings is 2. The van der Waals surface area contributed by atoms with Crippen molar-refractivity contribution >= 4 is 38.8 Å². The molecule has 0 aliphatic heterocycles. The number of hydrogen-bond donors (Lipinski definition) is 2. The van der Waals surface area contributed by atoms with Gasteiger partial charge in [0, 0.05) is 30.7 Å². The second-order valence-corrected chi connectivity index (χ2v) is 9.39. The molecule has 0 spiro atoms. The Morgan fingerprint density at radius 3 is 1.71 bits per heavy atom. The Hall–Kier alpha value is -5.43. The Labute approximate surface area is 238 Å². The number of aromatic nitrogens is 2. The second-order valence-electron chi connectivity index (χ2n) is 9.39. The Morgan fingerprint density at radius 1 is 0.659 bits per heavy atom. The van der Waals surface area contributed by atoms with Crippen molar-refractivity contribution in [2.24, 2.45) is 0 Å². The maximum absolute atomic E-state index is 11.1. The summed E-state index contributed by atoms with van der Waals surface area (Å²) in [6, 6.07) is 35.0. The molecule has 0 saturated heterocycles. The lowest BCUT2D eigenvalue weighted by Crippen LogP contribution is -2.05. The maximum atomic E-state index is 11.1. The highest BCUT2D eigenvalue weighted by molar-refractivity contribution is 5.93. The number of carbonyl (C=O) groups excluding carboxylic acids is 1. The van der Waals surface area contributed by atoms with Crippen LogP contribution in [0.3, 0.4) is 0 Å². The highest BCUT2D eigenvalue weighted by atomic mass is 16.5. The van der Waals surface area contributed by atoms with Crippen LogP contribution in [0.1, 0.15) is 18.3 Å². The largest absolute Gasteiger partial charge is 0.487 e. The van der Waals surface area contributed by atoms with Crippen LogP contribution in [0.25, 0.3) is 21.5 Å². The van der Waals surface area contributed by atoms with Gasteiger partial charge < -0.3 is 20.5 Å². The van der Waals surface area contributed by atoms with Gasteiger partial charge in [0.15, 0.2) is 0 Å². The molecule has 6 rings (SSSR count). The van der Waals surface area contributed by atoms with Gasteiger partial charge in [0.1, 0.15) is 24.7 Å². The van der Waals surface area contributed by atoms with E-state index in [-0.39, 0.29) is 5.91 Å². The van der Waals surface area contributed by atoms with Crippen molar-refractivity contribution < 1.29 is 14.3 Å². The molecule has 204 valence electrons. The van der Waals surface area contributed by atoms with Gasteiger partial charge in [-0.1, -0.05) is 36.4 Å². The van der Waals surface area contributed by atoms with Crippen molar-refractivity contribution in [3.05, 3.63) is 133 Å². The van der Waals surface area contributed by atoms with Crippen LogP contribution < -0.4 is 20.5 Å². The summed E-state index contributed by atoms with van der Waals surface area (Å²) in [5.74, 6) is 1.56. The molecule has 0 atom stereocenters. The lowest BCUT2D eigenvalue weighted by atomic mass is 10.1. The number of nitrogen functional groups attached to an aromatic ring is 1. The molecule has 7 heteroatoms. The molecule has 0 bridgehead atoms. The van der Waals surface area contributed by atoms with E-state index in [1.165, 1.54) is 6.92 Å². The lowest BCUT2D eigenvalue weighted by Gasteiger charge is -2.08. The number of carbonyl (C=O) groups is 1. The van der Waals surface area contributed by atoms with Gasteiger partial charge in [-0.15, -0.1) is 0 Å². The number of fused-ring (bicyclic) bond motifs is 2. The van der Waals surface area contributed by atoms with Gasteiger partial charge in [0.25, 0.3) is 0 Å². The Balaban J connectivity index is 0.000000166. The van der Waals surface area contributed by atoms with Crippen LogP contribution in [0.2, 0.25) is 0 Å². The van der Waals surface area contributed by atoms with Gasteiger partial charge in [0.05, 0.1) is 11.4 Å². The molecule has 0 saturated carbocycles. The average Bonchev–Trinajstić information content (AvgIpc) is 3.00. The summed E-state index contributed by atoms with van der Waals surface area (Å²) in [4.78, 5) is 19.5. The fraction of sp³-hybridized carbons (Fsp3) is 0.0882. The molecule has 3 N–H and O–H groups in total. The van der Waals surface area contributed by atoms with Crippen molar-refractivity contribution in [1.29, 1.82) is 0 Å². The Bertz CT molecular complexity index is 1760. The summed E-state index contributed by atoms with van der Waals surface area (Å²) in [6.07, 6.45) is 3.52. The number of ether oxygens (including phenoxy) is 2. The third-order valence-corrected chi connectivity index (χ3v) is 6.19. The number of rotatable bonds is 7. The first kappa shape index (κ1) is 27.1. The predicted molar refractivity (Wildman–Crippen MR) is 164 cm³/mol. The molecular weight excluding hydrogens is 512 g/mol. The van der Waals surface area contributed by atoms with Gasteiger partial charge in [-0.2, -0.15) is 0 Å². The standard InChI is InChI=1S/C18H16N2O2.C16H14N2O/c1-13(21)20-16-7-5-15-11-18(8-6-14(15)10-16)22-12-17-4-2-3-9-19-17;17-14-6-4-13-10-16(7-5-12(13)9-14)19-11-15-3-1-2-8-18-15/h2-11H,12H2,1H3,(H,20,21);1-10H,11,17H2. The van der Waals surface area contributed by atoms with Crippen LogP contribution in [0.4, 0.5) is 11.4 Å². The number of anilines is 2. The van der Waals surface area contributed by atoms with Crippen LogP contribution in [0, 0.1) is 0 Å². The highest BCUT2D eigenvalue weighted by Crippen LogP contribution is 2.25. The molecule has 0 aliphatic rings. The van der Waals surface area contributed by atoms with E-state index in [2.05, 4.69) is 15.3 Å². The van der Waals surface area contributed by atoms with Crippen LogP contribution in [-0.4, -0.2) is 15.9 Å². The number of amides is 1. The molecule has 0 aliphatic carbocycles. The van der Waals surface area contributed by atoms with E-state index < -0.39 is 0 Å². The third kappa shape index (κ3) is 7.80. The normalized spacial score (nSPS) is 10.5. The number of nitrogens with one attached hydrogen (secondary N) is 1. The minimum atomic E-state index is -0.0744. The summed E-state index contributed by atoms with van der Waals surface area (Å²) in [6.45, 7) is 2.41. The molecular formula is C34H30N4O3. The monoisotopic (exact) mass is 542 g/mol. The molecule has 41 heavy (non-hydrogen) atoms. The van der Waals surface area contributed by atoms with Crippen molar-refractivity contribution in [3.8, 4) is 11.5 Å². The van der Waals surface area contributed by atoms with Gasteiger partial charge >= 0.3 is 0 Å². The summed E-state index contributed by atoms with van der Waals surface area (Å²) in [5.41, 5.74) is 9.13. The first-order valence-electron chi connectivity index (χ1n) is 13.2. The molecule has 1 amide bonds. The van der Waals surface area contributed by atoms with E-state index in [1.54, 1.807) is 12.4 Å². The molecule has 2 heterocycles. The van der Waals surface area contributed by atoms with Crippen LogP contribution in [0.15, 0.2) is 122 Å². The highest BCUT2D eigenvalue weighted by Gasteiger charge is 2.02. The number of nitrogens with two attached hydrogens (primary N) is 1. The van der Waals surface area contributed by atoms with E-state index >= 15 is 0 Å². The fourth-order valence-electron chi connectivity index (χ4n) is 4.21. The molecule has 2 aromatic heterocycles. The zero-order valence-electron chi connectivity index (χ0n) is 22.7. The summed E-state index contributed by atoms with van der Waals surface area (Å²) < 4.78 is 11.5. The van der Waals surface area contributed by atoms with E-state index in [1.807, 2.05) is 109 Å². The molecule has 0 fully saturated rings. The zero-order chi connectivity index (χ0) is 28.4. The topological polar surface area (TPSA) is 99.4 Å². The van der Waals surface area contributed by atoms with Gasteiger partial charge in [0.2, 0.25) is 5.91 Å². The molecule has 7 nitrogen and oxygen atoms in total. The zero-order valence-corrected chi connectivity index (χ0v) is 22.7. The Morgan fingerprint density at radius 2 is 1.17 bits per heavy atom. The van der Waals surface area contributed by atoms with Gasteiger partial charge in [-0.05, 0) is 94.3 Å². The smallest absolute Gasteiger partial charge is 0.221 e. The van der Waals surface area contributed by atoms with Crippen LogP contribution >= 0.6 is 0 Å². The predicted octanol–water partition coefficient (Wildman–Crippen LogP) is 7.17. The number of nitrogens with zero attached hydrogens (tertiary/aromatic N) is 2.